The van der Waals surface area contributed by atoms with Crippen molar-refractivity contribution < 1.29 is 0 Å². The molecule has 0 amide bonds. The predicted octanol–water partition coefficient (Wildman–Crippen LogP) is 3.18. The molecule has 1 unspecified atom stereocenters. The van der Waals surface area contributed by atoms with E-state index in [1.165, 1.54) is 12.8 Å². The molecule has 1 heterocycles. The van der Waals surface area contributed by atoms with E-state index in [2.05, 4.69) is 10.2 Å². The lowest BCUT2D eigenvalue weighted by Crippen LogP contribution is -2.51. The van der Waals surface area contributed by atoms with Gasteiger partial charge in [-0.1, -0.05) is 29.3 Å². The Labute approximate surface area is 118 Å². The lowest BCUT2D eigenvalue weighted by Gasteiger charge is -2.36. The van der Waals surface area contributed by atoms with Crippen LogP contribution in [0.25, 0.3) is 0 Å². The summed E-state index contributed by atoms with van der Waals surface area (Å²) in [6.45, 7) is 4.13. The van der Waals surface area contributed by atoms with Gasteiger partial charge in [0.05, 0.1) is 0 Å². The van der Waals surface area contributed by atoms with Crippen LogP contribution < -0.4 is 5.32 Å². The van der Waals surface area contributed by atoms with Crippen LogP contribution in [0.1, 0.15) is 18.4 Å². The van der Waals surface area contributed by atoms with Crippen LogP contribution in [0.15, 0.2) is 18.2 Å². The Kier molecular flexibility index (Phi) is 3.81. The molecule has 2 fully saturated rings. The number of benzene rings is 1. The summed E-state index contributed by atoms with van der Waals surface area (Å²) in [7, 11) is 0. The monoisotopic (exact) mass is 284 g/mol. The second-order valence-corrected chi connectivity index (χ2v) is 6.09. The first-order valence-electron chi connectivity index (χ1n) is 6.63. The SMILES string of the molecule is Clc1cccc(Cl)c1CN1CCNCC1C1CC1. The van der Waals surface area contributed by atoms with Gasteiger partial charge in [-0.2, -0.15) is 0 Å². The summed E-state index contributed by atoms with van der Waals surface area (Å²) in [6, 6.07) is 6.42. The Bertz CT molecular complexity index is 412. The van der Waals surface area contributed by atoms with Crippen LogP contribution in [-0.4, -0.2) is 30.6 Å². The Morgan fingerprint density at radius 2 is 1.94 bits per heavy atom. The first kappa shape index (κ1) is 12.7. The van der Waals surface area contributed by atoms with Gasteiger partial charge in [0.25, 0.3) is 0 Å². The van der Waals surface area contributed by atoms with Gasteiger partial charge < -0.3 is 5.32 Å². The zero-order chi connectivity index (χ0) is 12.5. The lowest BCUT2D eigenvalue weighted by atomic mass is 10.1. The third-order valence-electron chi connectivity index (χ3n) is 3.99. The minimum absolute atomic E-state index is 0.658. The standard InChI is InChI=1S/C14H18Cl2N2/c15-12-2-1-3-13(16)11(12)9-18-7-6-17-8-14(18)10-4-5-10/h1-3,10,14,17H,4-9H2. The highest BCUT2D eigenvalue weighted by Gasteiger charge is 2.36. The zero-order valence-electron chi connectivity index (χ0n) is 10.3. The van der Waals surface area contributed by atoms with Crippen LogP contribution in [0.4, 0.5) is 0 Å². The fourth-order valence-corrected chi connectivity index (χ4v) is 3.31. The van der Waals surface area contributed by atoms with Crippen molar-refractivity contribution in [1.29, 1.82) is 0 Å². The van der Waals surface area contributed by atoms with Gasteiger partial charge in [0.15, 0.2) is 0 Å². The first-order chi connectivity index (χ1) is 8.75. The molecule has 1 aromatic rings. The first-order valence-corrected chi connectivity index (χ1v) is 7.39. The molecule has 1 aliphatic heterocycles. The van der Waals surface area contributed by atoms with Crippen LogP contribution in [0.5, 0.6) is 0 Å². The van der Waals surface area contributed by atoms with Gasteiger partial charge in [-0.25, -0.2) is 0 Å². The summed E-state index contributed by atoms with van der Waals surface area (Å²) >= 11 is 12.5. The van der Waals surface area contributed by atoms with Gasteiger partial charge in [0.2, 0.25) is 0 Å². The summed E-state index contributed by atoms with van der Waals surface area (Å²) in [4.78, 5) is 2.54. The van der Waals surface area contributed by atoms with Gasteiger partial charge in [-0.3, -0.25) is 4.90 Å². The summed E-state index contributed by atoms with van der Waals surface area (Å²) < 4.78 is 0. The molecule has 0 spiro atoms. The Morgan fingerprint density at radius 3 is 2.61 bits per heavy atom. The number of halogens is 2. The molecule has 2 aliphatic rings. The summed E-state index contributed by atoms with van der Waals surface area (Å²) in [5, 5.41) is 5.07. The highest BCUT2D eigenvalue weighted by Crippen LogP contribution is 2.37. The van der Waals surface area contributed by atoms with Crippen LogP contribution in [0.3, 0.4) is 0 Å². The van der Waals surface area contributed by atoms with Crippen LogP contribution in [0.2, 0.25) is 10.0 Å². The van der Waals surface area contributed by atoms with E-state index in [0.29, 0.717) is 6.04 Å². The second-order valence-electron chi connectivity index (χ2n) is 5.28. The number of hydrogen-bond donors (Lipinski definition) is 1. The smallest absolute Gasteiger partial charge is 0.0465 e. The number of hydrogen-bond acceptors (Lipinski definition) is 2. The van der Waals surface area contributed by atoms with E-state index >= 15 is 0 Å². The average molecular weight is 285 g/mol. The molecule has 0 bridgehead atoms. The molecule has 1 atom stereocenters. The highest BCUT2D eigenvalue weighted by molar-refractivity contribution is 6.35. The van der Waals surface area contributed by atoms with Crippen molar-refractivity contribution in [3.05, 3.63) is 33.8 Å². The fourth-order valence-electron chi connectivity index (χ4n) is 2.80. The summed E-state index contributed by atoms with van der Waals surface area (Å²) in [6.07, 6.45) is 2.75. The molecular weight excluding hydrogens is 267 g/mol. The van der Waals surface area contributed by atoms with Crippen molar-refractivity contribution in [2.75, 3.05) is 19.6 Å². The van der Waals surface area contributed by atoms with E-state index < -0.39 is 0 Å². The summed E-state index contributed by atoms with van der Waals surface area (Å²) in [5.41, 5.74) is 1.08. The molecule has 98 valence electrons. The molecule has 0 aromatic heterocycles. The molecule has 1 saturated carbocycles. The van der Waals surface area contributed by atoms with Crippen molar-refractivity contribution in [2.45, 2.75) is 25.4 Å². The third kappa shape index (κ3) is 2.67. The van der Waals surface area contributed by atoms with E-state index in [9.17, 15) is 0 Å². The maximum absolute atomic E-state index is 6.26. The third-order valence-corrected chi connectivity index (χ3v) is 4.70. The van der Waals surface area contributed by atoms with E-state index in [1.807, 2.05) is 18.2 Å². The molecule has 4 heteroatoms. The number of rotatable bonds is 3. The molecule has 2 nitrogen and oxygen atoms in total. The van der Waals surface area contributed by atoms with Gasteiger partial charge in [0.1, 0.15) is 0 Å². The lowest BCUT2D eigenvalue weighted by molar-refractivity contribution is 0.136. The van der Waals surface area contributed by atoms with E-state index in [1.54, 1.807) is 0 Å². The van der Waals surface area contributed by atoms with Crippen molar-refractivity contribution >= 4 is 23.2 Å². The Balaban J connectivity index is 1.77. The normalized spacial score (nSPS) is 25.3. The minimum Gasteiger partial charge on any atom is -0.314 e. The van der Waals surface area contributed by atoms with E-state index in [0.717, 1.165) is 47.7 Å². The second kappa shape index (κ2) is 5.38. The Hall–Kier alpha value is -0.280. The highest BCUT2D eigenvalue weighted by atomic mass is 35.5. The molecule has 1 aromatic carbocycles. The Morgan fingerprint density at radius 1 is 1.22 bits per heavy atom. The van der Waals surface area contributed by atoms with E-state index in [4.69, 9.17) is 23.2 Å². The molecule has 1 aliphatic carbocycles. The van der Waals surface area contributed by atoms with Crippen LogP contribution in [-0.2, 0) is 6.54 Å². The van der Waals surface area contributed by atoms with Gasteiger partial charge >= 0.3 is 0 Å². The van der Waals surface area contributed by atoms with Crippen molar-refractivity contribution in [3.63, 3.8) is 0 Å². The predicted molar refractivity (Wildman–Crippen MR) is 76.3 cm³/mol. The minimum atomic E-state index is 0.658. The zero-order valence-corrected chi connectivity index (χ0v) is 11.8. The topological polar surface area (TPSA) is 15.3 Å². The number of piperazine rings is 1. The molecule has 1 N–H and O–H groups in total. The molecule has 18 heavy (non-hydrogen) atoms. The fraction of sp³-hybridized carbons (Fsp3) is 0.571. The molecular formula is C14H18Cl2N2. The molecule has 1 saturated heterocycles. The van der Waals surface area contributed by atoms with Crippen LogP contribution in [0, 0.1) is 5.92 Å². The maximum atomic E-state index is 6.26. The van der Waals surface area contributed by atoms with E-state index in [-0.39, 0.29) is 0 Å². The maximum Gasteiger partial charge on any atom is 0.0465 e. The molecule has 0 radical (unpaired) electrons. The quantitative estimate of drug-likeness (QED) is 0.917. The van der Waals surface area contributed by atoms with Crippen molar-refractivity contribution in [1.82, 2.24) is 10.2 Å². The molecule has 3 rings (SSSR count). The largest absolute Gasteiger partial charge is 0.314 e. The van der Waals surface area contributed by atoms with Gasteiger partial charge in [-0.05, 0) is 30.9 Å². The van der Waals surface area contributed by atoms with Crippen molar-refractivity contribution in [3.8, 4) is 0 Å². The van der Waals surface area contributed by atoms with Gasteiger partial charge in [-0.15, -0.1) is 0 Å². The summed E-state index contributed by atoms with van der Waals surface area (Å²) in [5.74, 6) is 0.874. The number of nitrogens with one attached hydrogen (secondary N) is 1. The average Bonchev–Trinajstić information content (AvgIpc) is 3.19. The van der Waals surface area contributed by atoms with Crippen LogP contribution >= 0.6 is 23.2 Å². The van der Waals surface area contributed by atoms with Gasteiger partial charge in [0, 0.05) is 47.8 Å². The van der Waals surface area contributed by atoms with Crippen molar-refractivity contribution in [2.24, 2.45) is 5.92 Å². The number of nitrogens with zero attached hydrogens (tertiary/aromatic N) is 1.